The highest BCUT2D eigenvalue weighted by Gasteiger charge is 2.23. The number of carbonyl (C=O) groups is 4. The maximum absolute atomic E-state index is 14.2. The minimum atomic E-state index is -0.734. The molecule has 330 valence electrons. The van der Waals surface area contributed by atoms with E-state index >= 15 is 0 Å². The number of aliphatic imine (C=N–C) groups is 2. The summed E-state index contributed by atoms with van der Waals surface area (Å²) >= 11 is 0. The van der Waals surface area contributed by atoms with E-state index in [-0.39, 0.29) is 23.0 Å². The Morgan fingerprint density at radius 3 is 1.17 bits per heavy atom. The molecule has 0 aliphatic rings. The Bertz CT molecular complexity index is 3260. The van der Waals surface area contributed by atoms with Crippen LogP contribution in [-0.2, 0) is 0 Å². The van der Waals surface area contributed by atoms with Crippen molar-refractivity contribution in [3.63, 3.8) is 0 Å². The lowest BCUT2D eigenvalue weighted by molar-refractivity contribution is 0.0989. The molecule has 0 fully saturated rings. The second-order valence-corrected chi connectivity index (χ2v) is 15.9. The van der Waals surface area contributed by atoms with Crippen molar-refractivity contribution in [2.75, 3.05) is 6.54 Å². The van der Waals surface area contributed by atoms with Crippen LogP contribution in [0.15, 0.2) is 235 Å². The molecule has 0 N–H and O–H groups in total. The number of carbonyl (C=O) groups excluding carboxylic acids is 4. The van der Waals surface area contributed by atoms with Crippen LogP contribution in [0.5, 0.6) is 0 Å². The number of amidine groups is 1. The Morgan fingerprint density at radius 2 is 0.739 bits per heavy atom. The SMILES string of the molecule is C=C(c1ccc(-c2ccccc2)cc1)c1nc(C(=O)CN=C(N=CC(=O)c2ccc(-c3ccccc3)cc2)C(=O)c2ccc(-c3ccccc3)cc2)nc(C(=O)c2ccc(-c3ccccc3)cc2)n1. The molecule has 0 aliphatic carbocycles. The van der Waals surface area contributed by atoms with E-state index in [4.69, 9.17) is 0 Å². The van der Waals surface area contributed by atoms with Crippen LogP contribution in [0.25, 0.3) is 50.1 Å². The fraction of sp³-hybridized carbons (Fsp3) is 0.0167. The van der Waals surface area contributed by atoms with Crippen LogP contribution < -0.4 is 0 Å². The van der Waals surface area contributed by atoms with E-state index < -0.39 is 35.5 Å². The number of hydrogen-bond acceptors (Lipinski definition) is 8. The van der Waals surface area contributed by atoms with Crippen LogP contribution in [0.1, 0.15) is 58.9 Å². The molecule has 69 heavy (non-hydrogen) atoms. The Hall–Kier alpha value is -9.47. The van der Waals surface area contributed by atoms with Crippen molar-refractivity contribution in [2.24, 2.45) is 9.98 Å². The van der Waals surface area contributed by atoms with E-state index in [9.17, 15) is 19.2 Å². The molecule has 1 aromatic heterocycles. The highest BCUT2D eigenvalue weighted by atomic mass is 16.1. The van der Waals surface area contributed by atoms with Crippen LogP contribution in [0.2, 0.25) is 0 Å². The van der Waals surface area contributed by atoms with Gasteiger partial charge in [0.15, 0.2) is 11.7 Å². The molecule has 1 heterocycles. The van der Waals surface area contributed by atoms with Crippen molar-refractivity contribution < 1.29 is 19.2 Å². The third-order valence-corrected chi connectivity index (χ3v) is 11.4. The van der Waals surface area contributed by atoms with Crippen LogP contribution in [0, 0.1) is 0 Å². The number of nitrogens with zero attached hydrogens (tertiary/aromatic N) is 5. The molecule has 0 atom stereocenters. The van der Waals surface area contributed by atoms with Gasteiger partial charge in [0, 0.05) is 22.3 Å². The number of hydrogen-bond donors (Lipinski definition) is 0. The molecule has 0 saturated heterocycles. The van der Waals surface area contributed by atoms with Gasteiger partial charge in [-0.2, -0.15) is 0 Å². The van der Waals surface area contributed by atoms with E-state index in [1.165, 1.54) is 0 Å². The van der Waals surface area contributed by atoms with Gasteiger partial charge in [0.25, 0.3) is 0 Å². The predicted molar refractivity (Wildman–Crippen MR) is 273 cm³/mol. The molecule has 0 aliphatic heterocycles. The van der Waals surface area contributed by atoms with Crippen molar-refractivity contribution in [3.05, 3.63) is 265 Å². The average molecular weight is 896 g/mol. The average Bonchev–Trinajstić information content (AvgIpc) is 3.43. The standard InChI is InChI=1S/C60H41N5O4/c1-40(41-22-24-46(25-23-41)42-14-6-2-7-15-42)57-63-58(65-60(64-57)56(69)52-36-30-49(31-37-52)45-20-12-5-13-21-45)54(67)39-62-59(55(68)51-34-28-48(29-35-51)44-18-10-4-11-19-44)61-38-53(66)50-32-26-47(27-33-50)43-16-8-3-9-17-43/h2-38H,1,39H2. The van der Waals surface area contributed by atoms with Gasteiger partial charge in [-0.25, -0.2) is 19.9 Å². The van der Waals surface area contributed by atoms with Crippen molar-refractivity contribution in [1.29, 1.82) is 0 Å². The van der Waals surface area contributed by atoms with E-state index in [1.807, 2.05) is 170 Å². The summed E-state index contributed by atoms with van der Waals surface area (Å²) < 4.78 is 0. The molecule has 0 amide bonds. The zero-order chi connectivity index (χ0) is 47.5. The first kappa shape index (κ1) is 44.7. The summed E-state index contributed by atoms with van der Waals surface area (Å²) in [5, 5.41) is 0. The zero-order valence-electron chi connectivity index (χ0n) is 37.1. The largest absolute Gasteiger partial charge is 0.289 e. The van der Waals surface area contributed by atoms with Gasteiger partial charge < -0.3 is 0 Å². The van der Waals surface area contributed by atoms with E-state index in [2.05, 4.69) is 31.5 Å². The highest BCUT2D eigenvalue weighted by Crippen LogP contribution is 2.26. The summed E-state index contributed by atoms with van der Waals surface area (Å²) in [7, 11) is 0. The van der Waals surface area contributed by atoms with Gasteiger partial charge >= 0.3 is 0 Å². The lowest BCUT2D eigenvalue weighted by atomic mass is 10.0. The third kappa shape index (κ3) is 10.6. The van der Waals surface area contributed by atoms with Crippen molar-refractivity contribution >= 4 is 40.8 Å². The fourth-order valence-corrected chi connectivity index (χ4v) is 7.55. The van der Waals surface area contributed by atoms with Crippen LogP contribution in [0.3, 0.4) is 0 Å². The predicted octanol–water partition coefficient (Wildman–Crippen LogP) is 12.2. The summed E-state index contributed by atoms with van der Waals surface area (Å²) in [5.74, 6) is -3.41. The molecule has 9 rings (SSSR count). The topological polar surface area (TPSA) is 132 Å². The van der Waals surface area contributed by atoms with Gasteiger partial charge in [0.05, 0.1) is 6.21 Å². The van der Waals surface area contributed by atoms with Gasteiger partial charge in [0.2, 0.25) is 34.8 Å². The Morgan fingerprint density at radius 1 is 0.391 bits per heavy atom. The second-order valence-electron chi connectivity index (χ2n) is 15.9. The smallest absolute Gasteiger partial charge is 0.230 e. The molecule has 9 aromatic rings. The molecule has 9 nitrogen and oxygen atoms in total. The number of rotatable bonds is 15. The first-order valence-electron chi connectivity index (χ1n) is 22.1. The molecule has 0 unspecified atom stereocenters. The minimum Gasteiger partial charge on any atom is -0.289 e. The van der Waals surface area contributed by atoms with Crippen LogP contribution in [-0.4, -0.2) is 56.7 Å². The quantitative estimate of drug-likeness (QED) is 0.0568. The number of aromatic nitrogens is 3. The van der Waals surface area contributed by atoms with E-state index in [0.717, 1.165) is 50.7 Å². The molecular formula is C60H41N5O4. The fourth-order valence-electron chi connectivity index (χ4n) is 7.55. The molecular weight excluding hydrogens is 855 g/mol. The lowest BCUT2D eigenvalue weighted by Crippen LogP contribution is -2.20. The van der Waals surface area contributed by atoms with E-state index in [0.29, 0.717) is 22.3 Å². The van der Waals surface area contributed by atoms with Crippen molar-refractivity contribution in [2.45, 2.75) is 0 Å². The Balaban J connectivity index is 1.04. The molecule has 0 radical (unpaired) electrons. The maximum Gasteiger partial charge on any atom is 0.230 e. The van der Waals surface area contributed by atoms with Gasteiger partial charge in [-0.05, 0) is 50.1 Å². The molecule has 9 heteroatoms. The van der Waals surface area contributed by atoms with E-state index in [1.54, 1.807) is 48.5 Å². The Kier molecular flexibility index (Phi) is 13.5. The first-order valence-corrected chi connectivity index (χ1v) is 22.1. The van der Waals surface area contributed by atoms with Gasteiger partial charge in [-0.3, -0.25) is 24.2 Å². The second kappa shape index (κ2) is 20.8. The summed E-state index contributed by atoms with van der Waals surface area (Å²) in [6.45, 7) is 3.61. The maximum atomic E-state index is 14.2. The lowest BCUT2D eigenvalue weighted by Gasteiger charge is -2.10. The van der Waals surface area contributed by atoms with Crippen LogP contribution in [0.4, 0.5) is 0 Å². The summed E-state index contributed by atoms with van der Waals surface area (Å²) in [4.78, 5) is 78.1. The van der Waals surface area contributed by atoms with Crippen molar-refractivity contribution in [1.82, 2.24) is 15.0 Å². The van der Waals surface area contributed by atoms with Gasteiger partial charge in [0.1, 0.15) is 6.54 Å². The normalized spacial score (nSPS) is 11.3. The summed E-state index contributed by atoms with van der Waals surface area (Å²) in [5.41, 5.74) is 9.54. The first-order chi connectivity index (χ1) is 33.8. The number of ketones is 4. The van der Waals surface area contributed by atoms with Gasteiger partial charge in [-0.1, -0.05) is 225 Å². The zero-order valence-corrected chi connectivity index (χ0v) is 37.1. The molecule has 0 bridgehead atoms. The van der Waals surface area contributed by atoms with Crippen LogP contribution >= 0.6 is 0 Å². The summed E-state index contributed by atoms with van der Waals surface area (Å²) in [6.07, 6.45) is 1.02. The number of Topliss-reactive ketones (excluding diaryl/α,β-unsaturated/α-hetero) is 3. The molecule has 8 aromatic carbocycles. The summed E-state index contributed by atoms with van der Waals surface area (Å²) in [6, 6.07) is 67.6. The van der Waals surface area contributed by atoms with Gasteiger partial charge in [-0.15, -0.1) is 0 Å². The Labute approximate surface area is 399 Å². The van der Waals surface area contributed by atoms with Crippen molar-refractivity contribution in [3.8, 4) is 44.5 Å². The monoisotopic (exact) mass is 895 g/mol. The number of benzene rings is 8. The molecule has 0 saturated carbocycles. The molecule has 0 spiro atoms. The minimum absolute atomic E-state index is 0.00533. The highest BCUT2D eigenvalue weighted by molar-refractivity contribution is 6.49. The third-order valence-electron chi connectivity index (χ3n) is 11.4.